The van der Waals surface area contributed by atoms with Crippen molar-refractivity contribution in [2.75, 3.05) is 24.9 Å². The number of ether oxygens (including phenoxy) is 1. The number of imidazole rings is 1. The van der Waals surface area contributed by atoms with Crippen LogP contribution in [0, 0.1) is 12.8 Å². The van der Waals surface area contributed by atoms with Crippen LogP contribution in [0.4, 0.5) is 0 Å². The maximum absolute atomic E-state index is 12.1. The molecule has 0 spiro atoms. The Balaban J connectivity index is 2.53. The lowest BCUT2D eigenvalue weighted by Crippen LogP contribution is -2.43. The fraction of sp³-hybridized carbons (Fsp3) is 0.688. The van der Waals surface area contributed by atoms with E-state index in [1.807, 2.05) is 20.8 Å². The second kappa shape index (κ2) is 10.7. The summed E-state index contributed by atoms with van der Waals surface area (Å²) in [6, 6.07) is -0.599. The minimum Gasteiger partial charge on any atom is -0.467 e. The number of carbonyl (C=O) groups is 2. The number of H-pyrrole nitrogens is 1. The van der Waals surface area contributed by atoms with Crippen LogP contribution < -0.4 is 5.32 Å². The van der Waals surface area contributed by atoms with Crippen molar-refractivity contribution in [2.45, 2.75) is 44.8 Å². The maximum atomic E-state index is 12.1. The molecule has 0 aliphatic rings. The summed E-state index contributed by atoms with van der Waals surface area (Å²) in [5.41, 5.74) is 2.08. The summed E-state index contributed by atoms with van der Waals surface area (Å²) in [6.07, 6.45) is 3.54. The Labute approximate surface area is 152 Å². The smallest absolute Gasteiger partial charge is 0.328 e. The zero-order chi connectivity index (χ0) is 18.1. The van der Waals surface area contributed by atoms with Crippen LogP contribution in [-0.2, 0) is 20.7 Å². The molecule has 0 unspecified atom stereocenters. The average Bonchev–Trinajstić information content (AvgIpc) is 2.89. The Morgan fingerprint density at radius 2 is 2.08 bits per heavy atom. The minimum absolute atomic E-state index is 0.198. The van der Waals surface area contributed by atoms with Crippen LogP contribution in [-0.4, -0.2) is 52.8 Å². The van der Waals surface area contributed by atoms with Gasteiger partial charge in [-0.2, -0.15) is 11.8 Å². The fourth-order valence-electron chi connectivity index (χ4n) is 2.18. The summed E-state index contributed by atoms with van der Waals surface area (Å²) >= 11 is 3.12. The molecule has 0 aromatic carbocycles. The molecule has 0 radical (unpaired) electrons. The van der Waals surface area contributed by atoms with Gasteiger partial charge in [-0.25, -0.2) is 9.78 Å². The molecular formula is C16H27N3O3S2. The molecule has 1 rings (SSSR count). The molecule has 1 aromatic rings. The summed E-state index contributed by atoms with van der Waals surface area (Å²) in [4.78, 5) is 31.6. The topological polar surface area (TPSA) is 84.1 Å². The highest BCUT2D eigenvalue weighted by Gasteiger charge is 2.22. The van der Waals surface area contributed by atoms with Crippen molar-refractivity contribution in [3.8, 4) is 0 Å². The quantitative estimate of drug-likeness (QED) is 0.484. The van der Waals surface area contributed by atoms with Gasteiger partial charge in [-0.3, -0.25) is 4.79 Å². The average molecular weight is 374 g/mol. The molecule has 0 bridgehead atoms. The van der Waals surface area contributed by atoms with Gasteiger partial charge >= 0.3 is 5.97 Å². The third-order valence-electron chi connectivity index (χ3n) is 3.37. The van der Waals surface area contributed by atoms with Crippen molar-refractivity contribution in [3.05, 3.63) is 11.4 Å². The zero-order valence-corrected chi connectivity index (χ0v) is 16.6. The van der Waals surface area contributed by atoms with E-state index in [-0.39, 0.29) is 17.6 Å². The van der Waals surface area contributed by atoms with Gasteiger partial charge < -0.3 is 15.0 Å². The van der Waals surface area contributed by atoms with Gasteiger partial charge in [0.2, 0.25) is 5.91 Å². The van der Waals surface area contributed by atoms with Crippen LogP contribution in [0.25, 0.3) is 0 Å². The molecule has 0 saturated heterocycles. The van der Waals surface area contributed by atoms with Crippen LogP contribution in [0.2, 0.25) is 0 Å². The van der Waals surface area contributed by atoms with E-state index in [0.29, 0.717) is 6.42 Å². The molecule has 1 atom stereocenters. The molecule has 1 amide bonds. The third-order valence-corrected chi connectivity index (χ3v) is 4.86. The van der Waals surface area contributed by atoms with Crippen molar-refractivity contribution in [1.82, 2.24) is 15.3 Å². The van der Waals surface area contributed by atoms with Crippen LogP contribution in [0.15, 0.2) is 5.16 Å². The number of aromatic nitrogens is 2. The first-order chi connectivity index (χ1) is 11.4. The molecule has 0 fully saturated rings. The molecule has 8 heteroatoms. The minimum atomic E-state index is -0.599. The SMILES string of the molecule is COC(=O)[C@H](CC(C)C)NC(=O)CSc1nc(CCSC)c(C)[nH]1. The van der Waals surface area contributed by atoms with Crippen molar-refractivity contribution >= 4 is 35.4 Å². The second-order valence-corrected chi connectivity index (χ2v) is 7.87. The highest BCUT2D eigenvalue weighted by atomic mass is 32.2. The normalized spacial score (nSPS) is 12.2. The molecule has 136 valence electrons. The fourth-order valence-corrected chi connectivity index (χ4v) is 3.32. The summed E-state index contributed by atoms with van der Waals surface area (Å²) in [5, 5.41) is 3.48. The van der Waals surface area contributed by atoms with Gasteiger partial charge in [-0.05, 0) is 31.3 Å². The number of hydrogen-bond donors (Lipinski definition) is 2. The number of nitrogens with zero attached hydrogens (tertiary/aromatic N) is 1. The molecule has 1 heterocycles. The van der Waals surface area contributed by atoms with Crippen molar-refractivity contribution in [3.63, 3.8) is 0 Å². The van der Waals surface area contributed by atoms with Crippen LogP contribution >= 0.6 is 23.5 Å². The van der Waals surface area contributed by atoms with Crippen LogP contribution in [0.1, 0.15) is 31.7 Å². The van der Waals surface area contributed by atoms with E-state index in [9.17, 15) is 9.59 Å². The highest BCUT2D eigenvalue weighted by Crippen LogP contribution is 2.18. The third kappa shape index (κ3) is 7.17. The summed E-state index contributed by atoms with van der Waals surface area (Å²) < 4.78 is 4.75. The molecule has 0 aliphatic carbocycles. The molecule has 1 aromatic heterocycles. The van der Waals surface area contributed by atoms with E-state index in [0.717, 1.165) is 28.7 Å². The molecular weight excluding hydrogens is 346 g/mol. The molecule has 0 aliphatic heterocycles. The highest BCUT2D eigenvalue weighted by molar-refractivity contribution is 7.99. The first-order valence-corrected chi connectivity index (χ1v) is 10.3. The van der Waals surface area contributed by atoms with E-state index in [2.05, 4.69) is 21.5 Å². The Hall–Kier alpha value is -1.15. The summed E-state index contributed by atoms with van der Waals surface area (Å²) in [6.45, 7) is 5.99. The Morgan fingerprint density at radius 1 is 1.38 bits per heavy atom. The number of carbonyl (C=O) groups excluding carboxylic acids is 2. The van der Waals surface area contributed by atoms with E-state index >= 15 is 0 Å². The maximum Gasteiger partial charge on any atom is 0.328 e. The first-order valence-electron chi connectivity index (χ1n) is 7.91. The van der Waals surface area contributed by atoms with Gasteiger partial charge in [0.15, 0.2) is 5.16 Å². The number of esters is 1. The van der Waals surface area contributed by atoms with Gasteiger partial charge in [-0.15, -0.1) is 0 Å². The van der Waals surface area contributed by atoms with Gasteiger partial charge in [0, 0.05) is 12.1 Å². The zero-order valence-electron chi connectivity index (χ0n) is 15.0. The summed E-state index contributed by atoms with van der Waals surface area (Å²) in [5.74, 6) is 0.909. The number of amides is 1. The van der Waals surface area contributed by atoms with Crippen molar-refractivity contribution in [2.24, 2.45) is 5.92 Å². The van der Waals surface area contributed by atoms with Gasteiger partial charge in [0.05, 0.1) is 18.6 Å². The number of rotatable bonds is 10. The standard InChI is InChI=1S/C16H27N3O3S2/c1-10(2)8-13(15(21)22-4)18-14(20)9-24-16-17-11(3)12(19-16)6-7-23-5/h10,13H,6-9H2,1-5H3,(H,17,19)(H,18,20)/t13-/m0/s1. The van der Waals surface area contributed by atoms with Crippen LogP contribution in [0.3, 0.4) is 0 Å². The molecule has 6 nitrogen and oxygen atoms in total. The second-order valence-electron chi connectivity index (χ2n) is 5.92. The number of aromatic amines is 1. The number of thioether (sulfide) groups is 2. The monoisotopic (exact) mass is 373 g/mol. The van der Waals surface area contributed by atoms with Gasteiger partial charge in [0.25, 0.3) is 0 Å². The number of aryl methyl sites for hydroxylation is 2. The lowest BCUT2D eigenvalue weighted by Gasteiger charge is -2.18. The van der Waals surface area contributed by atoms with Gasteiger partial charge in [-0.1, -0.05) is 25.6 Å². The number of hydrogen-bond acceptors (Lipinski definition) is 6. The lowest BCUT2D eigenvalue weighted by atomic mass is 10.0. The first kappa shape index (κ1) is 20.9. The van der Waals surface area contributed by atoms with Crippen molar-refractivity contribution in [1.29, 1.82) is 0 Å². The molecule has 24 heavy (non-hydrogen) atoms. The Kier molecular flexibility index (Phi) is 9.28. The van der Waals surface area contributed by atoms with Crippen LogP contribution in [0.5, 0.6) is 0 Å². The van der Waals surface area contributed by atoms with E-state index in [1.165, 1.54) is 18.9 Å². The predicted molar refractivity (Wildman–Crippen MR) is 99.5 cm³/mol. The summed E-state index contributed by atoms with van der Waals surface area (Å²) in [7, 11) is 1.33. The Morgan fingerprint density at radius 3 is 2.67 bits per heavy atom. The van der Waals surface area contributed by atoms with Gasteiger partial charge in [0.1, 0.15) is 6.04 Å². The molecule has 2 N–H and O–H groups in total. The van der Waals surface area contributed by atoms with E-state index in [1.54, 1.807) is 11.8 Å². The van der Waals surface area contributed by atoms with E-state index in [4.69, 9.17) is 4.74 Å². The lowest BCUT2D eigenvalue weighted by molar-refractivity contribution is -0.145. The van der Waals surface area contributed by atoms with E-state index < -0.39 is 12.0 Å². The Bertz CT molecular complexity index is 547. The molecule has 0 saturated carbocycles. The number of methoxy groups -OCH3 is 1. The predicted octanol–water partition coefficient (Wildman–Crippen LogP) is 2.42. The number of nitrogens with one attached hydrogen (secondary N) is 2. The van der Waals surface area contributed by atoms with Crippen molar-refractivity contribution < 1.29 is 14.3 Å². The largest absolute Gasteiger partial charge is 0.467 e.